The predicted octanol–water partition coefficient (Wildman–Crippen LogP) is 1.29. The number of amides is 2. The molecule has 0 bridgehead atoms. The maximum Gasteiger partial charge on any atom is 0.259 e. The van der Waals surface area contributed by atoms with Crippen molar-refractivity contribution in [1.29, 1.82) is 0 Å². The number of hydrogen-bond acceptors (Lipinski definition) is 5. The Morgan fingerprint density at radius 3 is 2.88 bits per heavy atom. The smallest absolute Gasteiger partial charge is 0.259 e. The molecule has 0 radical (unpaired) electrons. The number of nitrogens with one attached hydrogen (secondary N) is 2. The van der Waals surface area contributed by atoms with E-state index in [9.17, 15) is 9.59 Å². The van der Waals surface area contributed by atoms with Gasteiger partial charge in [-0.2, -0.15) is 11.8 Å². The van der Waals surface area contributed by atoms with Gasteiger partial charge in [0.15, 0.2) is 6.61 Å². The standard InChI is InChI=1S/C17H25N3O3S.ClH/c1-20(2)17(22)11-23-15-5-3-4-13(8-15)10-19-16(21)9-14-12-24-7-6-18-14;/h3-5,8,14,18H,6-7,9-12H2,1-2H3,(H,19,21);1H. The van der Waals surface area contributed by atoms with Crippen molar-refractivity contribution in [3.8, 4) is 5.75 Å². The highest BCUT2D eigenvalue weighted by Gasteiger charge is 2.16. The van der Waals surface area contributed by atoms with Gasteiger partial charge in [-0.1, -0.05) is 12.1 Å². The summed E-state index contributed by atoms with van der Waals surface area (Å²) in [5.41, 5.74) is 0.948. The topological polar surface area (TPSA) is 70.7 Å². The Labute approximate surface area is 159 Å². The van der Waals surface area contributed by atoms with Crippen molar-refractivity contribution in [3.05, 3.63) is 29.8 Å². The first-order chi connectivity index (χ1) is 11.5. The van der Waals surface area contributed by atoms with E-state index >= 15 is 0 Å². The summed E-state index contributed by atoms with van der Waals surface area (Å²) in [6.07, 6.45) is 0.501. The number of rotatable bonds is 7. The quantitative estimate of drug-likeness (QED) is 0.737. The lowest BCUT2D eigenvalue weighted by molar-refractivity contribution is -0.130. The first-order valence-corrected chi connectivity index (χ1v) is 9.20. The molecule has 0 aromatic heterocycles. The number of thioether (sulfide) groups is 1. The second kappa shape index (κ2) is 11.2. The molecule has 1 aliphatic rings. The second-order valence-corrected chi connectivity index (χ2v) is 7.08. The Morgan fingerprint density at radius 2 is 2.20 bits per heavy atom. The van der Waals surface area contributed by atoms with Crippen molar-refractivity contribution < 1.29 is 14.3 Å². The molecule has 0 spiro atoms. The van der Waals surface area contributed by atoms with E-state index in [1.807, 2.05) is 30.0 Å². The van der Waals surface area contributed by atoms with Crippen molar-refractivity contribution >= 4 is 36.0 Å². The van der Waals surface area contributed by atoms with E-state index in [0.29, 0.717) is 18.7 Å². The van der Waals surface area contributed by atoms with Crippen LogP contribution in [0.4, 0.5) is 0 Å². The fourth-order valence-corrected chi connectivity index (χ4v) is 3.22. The highest BCUT2D eigenvalue weighted by Crippen LogP contribution is 2.14. The maximum atomic E-state index is 12.0. The summed E-state index contributed by atoms with van der Waals surface area (Å²) in [5.74, 6) is 2.68. The molecule has 25 heavy (non-hydrogen) atoms. The van der Waals surface area contributed by atoms with Crippen LogP contribution in [0.1, 0.15) is 12.0 Å². The van der Waals surface area contributed by atoms with E-state index in [1.165, 1.54) is 4.90 Å². The number of ether oxygens (including phenoxy) is 1. The average molecular weight is 388 g/mol. The number of hydrogen-bond donors (Lipinski definition) is 2. The highest BCUT2D eigenvalue weighted by molar-refractivity contribution is 7.99. The molecular formula is C17H26ClN3O3S. The van der Waals surface area contributed by atoms with Crippen LogP contribution in [0.5, 0.6) is 5.75 Å². The molecule has 1 atom stereocenters. The Hall–Kier alpha value is -1.44. The van der Waals surface area contributed by atoms with Crippen LogP contribution in [-0.2, 0) is 16.1 Å². The van der Waals surface area contributed by atoms with Crippen LogP contribution in [0.15, 0.2) is 24.3 Å². The van der Waals surface area contributed by atoms with Crippen molar-refractivity contribution in [1.82, 2.24) is 15.5 Å². The van der Waals surface area contributed by atoms with Gasteiger partial charge >= 0.3 is 0 Å². The van der Waals surface area contributed by atoms with Gasteiger partial charge in [-0.05, 0) is 17.7 Å². The van der Waals surface area contributed by atoms with Gasteiger partial charge in [0, 0.05) is 51.2 Å². The molecule has 1 aliphatic heterocycles. The minimum atomic E-state index is -0.0912. The molecule has 2 N–H and O–H groups in total. The third-order valence-corrected chi connectivity index (χ3v) is 4.81. The van der Waals surface area contributed by atoms with Gasteiger partial charge in [-0.3, -0.25) is 9.59 Å². The van der Waals surface area contributed by atoms with E-state index in [4.69, 9.17) is 4.74 Å². The molecule has 6 nitrogen and oxygen atoms in total. The molecule has 1 fully saturated rings. The van der Waals surface area contributed by atoms with E-state index in [1.54, 1.807) is 20.2 Å². The summed E-state index contributed by atoms with van der Waals surface area (Å²) in [4.78, 5) is 25.0. The summed E-state index contributed by atoms with van der Waals surface area (Å²) < 4.78 is 5.48. The Morgan fingerprint density at radius 1 is 1.40 bits per heavy atom. The van der Waals surface area contributed by atoms with E-state index in [2.05, 4.69) is 10.6 Å². The van der Waals surface area contributed by atoms with Gasteiger partial charge in [0.25, 0.3) is 5.91 Å². The van der Waals surface area contributed by atoms with Crippen molar-refractivity contribution in [2.24, 2.45) is 0 Å². The van der Waals surface area contributed by atoms with Crippen LogP contribution < -0.4 is 15.4 Å². The first-order valence-electron chi connectivity index (χ1n) is 8.04. The van der Waals surface area contributed by atoms with Crippen LogP contribution in [0.25, 0.3) is 0 Å². The molecule has 1 aromatic rings. The SMILES string of the molecule is CN(C)C(=O)COc1cccc(CNC(=O)CC2CSCCN2)c1.Cl. The zero-order valence-electron chi connectivity index (χ0n) is 14.6. The van der Waals surface area contributed by atoms with Gasteiger partial charge in [0.2, 0.25) is 5.91 Å². The molecule has 1 heterocycles. The predicted molar refractivity (Wildman–Crippen MR) is 103 cm³/mol. The molecule has 0 saturated carbocycles. The van der Waals surface area contributed by atoms with Crippen molar-refractivity contribution in [3.63, 3.8) is 0 Å². The number of likely N-dealkylation sites (N-methyl/N-ethyl adjacent to an activating group) is 1. The molecule has 2 amide bonds. The van der Waals surface area contributed by atoms with E-state index in [-0.39, 0.29) is 36.9 Å². The van der Waals surface area contributed by atoms with Crippen LogP contribution in [0, 0.1) is 0 Å². The lowest BCUT2D eigenvalue weighted by Crippen LogP contribution is -2.41. The normalized spacial score (nSPS) is 16.5. The van der Waals surface area contributed by atoms with Gasteiger partial charge in [0.1, 0.15) is 5.75 Å². The van der Waals surface area contributed by atoms with Crippen LogP contribution in [0.2, 0.25) is 0 Å². The minimum absolute atomic E-state index is 0. The number of benzene rings is 1. The van der Waals surface area contributed by atoms with Gasteiger partial charge in [-0.15, -0.1) is 12.4 Å². The molecule has 2 rings (SSSR count). The Kier molecular flexibility index (Phi) is 9.70. The average Bonchev–Trinajstić information content (AvgIpc) is 2.59. The van der Waals surface area contributed by atoms with Crippen molar-refractivity contribution in [2.75, 3.05) is 38.8 Å². The lowest BCUT2D eigenvalue weighted by atomic mass is 10.2. The van der Waals surface area contributed by atoms with E-state index < -0.39 is 0 Å². The summed E-state index contributed by atoms with van der Waals surface area (Å²) in [6.45, 7) is 1.43. The third-order valence-electron chi connectivity index (χ3n) is 3.68. The van der Waals surface area contributed by atoms with E-state index in [0.717, 1.165) is 23.6 Å². The molecule has 0 aliphatic carbocycles. The molecule has 140 valence electrons. The number of halogens is 1. The summed E-state index contributed by atoms with van der Waals surface area (Å²) >= 11 is 1.88. The van der Waals surface area contributed by atoms with Crippen molar-refractivity contribution in [2.45, 2.75) is 19.0 Å². The molecule has 1 unspecified atom stereocenters. The first kappa shape index (κ1) is 21.6. The van der Waals surface area contributed by atoms with Gasteiger partial charge < -0.3 is 20.3 Å². The Bertz CT molecular complexity index is 566. The molecular weight excluding hydrogens is 362 g/mol. The van der Waals surface area contributed by atoms with Crippen LogP contribution in [-0.4, -0.2) is 61.5 Å². The maximum absolute atomic E-state index is 12.0. The van der Waals surface area contributed by atoms with Gasteiger partial charge in [-0.25, -0.2) is 0 Å². The molecule has 1 aromatic carbocycles. The fraction of sp³-hybridized carbons (Fsp3) is 0.529. The number of carbonyl (C=O) groups excluding carboxylic acids is 2. The monoisotopic (exact) mass is 387 g/mol. The van der Waals surface area contributed by atoms with Gasteiger partial charge in [0.05, 0.1) is 0 Å². The third kappa shape index (κ3) is 7.98. The highest BCUT2D eigenvalue weighted by atomic mass is 35.5. The van der Waals surface area contributed by atoms with Crippen LogP contribution >= 0.6 is 24.2 Å². The molecule has 8 heteroatoms. The summed E-state index contributed by atoms with van der Waals surface area (Å²) in [6, 6.07) is 7.69. The second-order valence-electron chi connectivity index (χ2n) is 5.93. The van der Waals surface area contributed by atoms with Crippen LogP contribution in [0.3, 0.4) is 0 Å². The Balaban J connectivity index is 0.00000312. The summed E-state index contributed by atoms with van der Waals surface area (Å²) in [7, 11) is 3.38. The number of nitrogens with zero attached hydrogens (tertiary/aromatic N) is 1. The fourth-order valence-electron chi connectivity index (χ4n) is 2.27. The summed E-state index contributed by atoms with van der Waals surface area (Å²) in [5, 5.41) is 6.29. The molecule has 1 saturated heterocycles. The zero-order chi connectivity index (χ0) is 17.4. The lowest BCUT2D eigenvalue weighted by Gasteiger charge is -2.22. The minimum Gasteiger partial charge on any atom is -0.484 e. The largest absolute Gasteiger partial charge is 0.484 e. The number of carbonyl (C=O) groups is 2. The zero-order valence-corrected chi connectivity index (χ0v) is 16.3.